The summed E-state index contributed by atoms with van der Waals surface area (Å²) < 4.78 is 1.54. The van der Waals surface area contributed by atoms with Gasteiger partial charge in [0.05, 0.1) is 23.2 Å². The largest absolute Gasteiger partial charge is 0.294 e. The van der Waals surface area contributed by atoms with Gasteiger partial charge < -0.3 is 0 Å². The van der Waals surface area contributed by atoms with E-state index in [0.717, 1.165) is 16.7 Å². The Hall–Kier alpha value is -3.32. The Kier molecular flexibility index (Phi) is 4.98. The maximum atomic E-state index is 13.2. The van der Waals surface area contributed by atoms with E-state index in [2.05, 4.69) is 31.0 Å². The van der Waals surface area contributed by atoms with Crippen LogP contribution in [0.3, 0.4) is 0 Å². The van der Waals surface area contributed by atoms with E-state index in [1.54, 1.807) is 16.7 Å². The third-order valence-corrected chi connectivity index (χ3v) is 5.84. The van der Waals surface area contributed by atoms with Gasteiger partial charge in [0.1, 0.15) is 4.83 Å². The molecular weight excluding hydrogens is 386 g/mol. The molecule has 6 nitrogen and oxygen atoms in total. The van der Waals surface area contributed by atoms with E-state index in [-0.39, 0.29) is 11.2 Å². The highest BCUT2D eigenvalue weighted by atomic mass is 32.1. The van der Waals surface area contributed by atoms with E-state index in [0.29, 0.717) is 22.7 Å². The van der Waals surface area contributed by atoms with E-state index in [4.69, 9.17) is 0 Å². The number of nitro groups is 1. The van der Waals surface area contributed by atoms with Gasteiger partial charge in [0.25, 0.3) is 11.2 Å². The molecular formula is C22H19N3O3S. The lowest BCUT2D eigenvalue weighted by molar-refractivity contribution is -0.384. The Bertz CT molecular complexity index is 1240. The van der Waals surface area contributed by atoms with Gasteiger partial charge in [0.15, 0.2) is 0 Å². The third-order valence-electron chi connectivity index (χ3n) is 4.95. The maximum absolute atomic E-state index is 13.2. The molecule has 2 aromatic carbocycles. The summed E-state index contributed by atoms with van der Waals surface area (Å²) in [5.74, 6) is 0.448. The number of aromatic nitrogens is 2. The Morgan fingerprint density at radius 2 is 1.79 bits per heavy atom. The highest BCUT2D eigenvalue weighted by Gasteiger charge is 2.14. The molecule has 0 saturated heterocycles. The van der Waals surface area contributed by atoms with Crippen molar-refractivity contribution in [3.63, 3.8) is 0 Å². The molecule has 4 aromatic rings. The number of benzene rings is 2. The quantitative estimate of drug-likeness (QED) is 0.337. The molecule has 0 amide bonds. The molecule has 0 N–H and O–H groups in total. The number of rotatable bonds is 5. The van der Waals surface area contributed by atoms with Gasteiger partial charge in [-0.3, -0.25) is 19.5 Å². The summed E-state index contributed by atoms with van der Waals surface area (Å²) in [5, 5.41) is 13.4. The number of hydrogen-bond donors (Lipinski definition) is 0. The number of hydrogen-bond acceptors (Lipinski definition) is 5. The van der Waals surface area contributed by atoms with Gasteiger partial charge >= 0.3 is 0 Å². The summed E-state index contributed by atoms with van der Waals surface area (Å²) in [6, 6.07) is 14.5. The third kappa shape index (κ3) is 3.69. The van der Waals surface area contributed by atoms with Crippen LogP contribution in [0.4, 0.5) is 5.69 Å². The van der Waals surface area contributed by atoms with Crippen molar-refractivity contribution >= 4 is 27.2 Å². The van der Waals surface area contributed by atoms with Crippen LogP contribution in [0.5, 0.6) is 0 Å². The van der Waals surface area contributed by atoms with Crippen molar-refractivity contribution in [2.45, 2.75) is 26.3 Å². The summed E-state index contributed by atoms with van der Waals surface area (Å²) >= 11 is 1.45. The molecule has 146 valence electrons. The highest BCUT2D eigenvalue weighted by Crippen LogP contribution is 2.31. The first-order valence-electron chi connectivity index (χ1n) is 9.24. The van der Waals surface area contributed by atoms with Crippen LogP contribution in [0, 0.1) is 10.1 Å². The Morgan fingerprint density at radius 3 is 2.41 bits per heavy atom. The second-order valence-corrected chi connectivity index (χ2v) is 8.07. The van der Waals surface area contributed by atoms with Crippen LogP contribution in [0.25, 0.3) is 21.3 Å². The second kappa shape index (κ2) is 7.60. The predicted octanol–water partition coefficient (Wildman–Crippen LogP) is 5.20. The molecule has 7 heteroatoms. The molecule has 0 atom stereocenters. The van der Waals surface area contributed by atoms with E-state index in [9.17, 15) is 14.9 Å². The van der Waals surface area contributed by atoms with Crippen molar-refractivity contribution in [3.8, 4) is 11.1 Å². The van der Waals surface area contributed by atoms with Crippen LogP contribution in [-0.4, -0.2) is 14.5 Å². The summed E-state index contributed by atoms with van der Waals surface area (Å²) in [6.07, 6.45) is 1.54. The van der Waals surface area contributed by atoms with Gasteiger partial charge in [-0.15, -0.1) is 11.3 Å². The highest BCUT2D eigenvalue weighted by molar-refractivity contribution is 7.17. The van der Waals surface area contributed by atoms with Crippen LogP contribution in [0.1, 0.15) is 30.9 Å². The van der Waals surface area contributed by atoms with Crippen molar-refractivity contribution in [2.24, 2.45) is 0 Å². The molecule has 0 saturated carbocycles. The van der Waals surface area contributed by atoms with Crippen molar-refractivity contribution in [1.82, 2.24) is 9.55 Å². The van der Waals surface area contributed by atoms with Crippen LogP contribution in [0.15, 0.2) is 65.0 Å². The van der Waals surface area contributed by atoms with Crippen molar-refractivity contribution in [1.29, 1.82) is 0 Å². The van der Waals surface area contributed by atoms with Crippen molar-refractivity contribution in [3.05, 3.63) is 91.8 Å². The zero-order chi connectivity index (χ0) is 20.5. The predicted molar refractivity (Wildman–Crippen MR) is 116 cm³/mol. The van der Waals surface area contributed by atoms with Gasteiger partial charge in [0, 0.05) is 23.1 Å². The molecule has 0 spiro atoms. The van der Waals surface area contributed by atoms with E-state index >= 15 is 0 Å². The van der Waals surface area contributed by atoms with Gasteiger partial charge in [-0.2, -0.15) is 0 Å². The van der Waals surface area contributed by atoms with Gasteiger partial charge in [0.2, 0.25) is 0 Å². The van der Waals surface area contributed by atoms with E-state index in [1.807, 2.05) is 17.5 Å². The maximum Gasteiger partial charge on any atom is 0.269 e. The molecule has 29 heavy (non-hydrogen) atoms. The molecule has 0 aliphatic carbocycles. The first-order chi connectivity index (χ1) is 13.9. The number of nitrogens with zero attached hydrogens (tertiary/aromatic N) is 3. The fourth-order valence-electron chi connectivity index (χ4n) is 3.26. The van der Waals surface area contributed by atoms with Crippen LogP contribution in [-0.2, 0) is 6.54 Å². The fraction of sp³-hybridized carbons (Fsp3) is 0.182. The number of thiophene rings is 1. The monoisotopic (exact) mass is 405 g/mol. The first-order valence-corrected chi connectivity index (χ1v) is 10.1. The number of non-ortho nitro benzene ring substituents is 1. The van der Waals surface area contributed by atoms with Crippen molar-refractivity contribution < 1.29 is 4.92 Å². The SMILES string of the molecule is CC(C)c1ccc(-c2csc3ncn(Cc4ccc([N+](=O)[O-])cc4)c(=O)c23)cc1. The lowest BCUT2D eigenvalue weighted by Gasteiger charge is -2.08. The Labute approximate surface area is 171 Å². The number of nitro benzene ring substituents is 1. The lowest BCUT2D eigenvalue weighted by atomic mass is 9.99. The standard InChI is InChI=1S/C22H19N3O3S/c1-14(2)16-5-7-17(8-6-16)19-12-29-21-20(19)22(26)24(13-23-21)11-15-3-9-18(10-4-15)25(27)28/h3-10,12-14H,11H2,1-2H3. The molecule has 0 aliphatic rings. The van der Waals surface area contributed by atoms with Crippen molar-refractivity contribution in [2.75, 3.05) is 0 Å². The molecule has 0 radical (unpaired) electrons. The molecule has 2 aromatic heterocycles. The van der Waals surface area contributed by atoms with Crippen LogP contribution < -0.4 is 5.56 Å². The normalized spacial score (nSPS) is 11.3. The van der Waals surface area contributed by atoms with E-state index in [1.165, 1.54) is 35.4 Å². The molecule has 0 fully saturated rings. The lowest BCUT2D eigenvalue weighted by Crippen LogP contribution is -2.20. The molecule has 2 heterocycles. The molecule has 0 bridgehead atoms. The average Bonchev–Trinajstić information content (AvgIpc) is 3.15. The smallest absolute Gasteiger partial charge is 0.269 e. The average molecular weight is 405 g/mol. The number of fused-ring (bicyclic) bond motifs is 1. The first kappa shape index (κ1) is 19.0. The summed E-state index contributed by atoms with van der Waals surface area (Å²) in [6.45, 7) is 4.60. The zero-order valence-electron chi connectivity index (χ0n) is 16.0. The minimum atomic E-state index is -0.439. The van der Waals surface area contributed by atoms with E-state index < -0.39 is 4.92 Å². The van der Waals surface area contributed by atoms with Crippen LogP contribution >= 0.6 is 11.3 Å². The van der Waals surface area contributed by atoms with Gasteiger partial charge in [-0.25, -0.2) is 4.98 Å². The van der Waals surface area contributed by atoms with Gasteiger partial charge in [-0.1, -0.05) is 50.2 Å². The Morgan fingerprint density at radius 1 is 1.10 bits per heavy atom. The fourth-order valence-corrected chi connectivity index (χ4v) is 4.17. The zero-order valence-corrected chi connectivity index (χ0v) is 16.8. The Balaban J connectivity index is 1.72. The minimum Gasteiger partial charge on any atom is -0.294 e. The van der Waals surface area contributed by atoms with Gasteiger partial charge in [-0.05, 0) is 22.6 Å². The molecule has 0 aliphatic heterocycles. The summed E-state index contributed by atoms with van der Waals surface area (Å²) in [4.78, 5) is 28.7. The summed E-state index contributed by atoms with van der Waals surface area (Å²) in [7, 11) is 0. The second-order valence-electron chi connectivity index (χ2n) is 7.21. The van der Waals surface area contributed by atoms with Crippen LogP contribution in [0.2, 0.25) is 0 Å². The molecule has 4 rings (SSSR count). The summed E-state index contributed by atoms with van der Waals surface area (Å²) in [5.41, 5.74) is 3.85. The topological polar surface area (TPSA) is 78.0 Å². The molecule has 0 unspecified atom stereocenters. The minimum absolute atomic E-state index is 0.0274.